The van der Waals surface area contributed by atoms with E-state index in [4.69, 9.17) is 0 Å². The molecule has 0 fully saturated rings. The number of aryl methyl sites for hydroxylation is 1. The summed E-state index contributed by atoms with van der Waals surface area (Å²) in [4.78, 5) is 1.29. The van der Waals surface area contributed by atoms with Crippen molar-refractivity contribution in [3.63, 3.8) is 0 Å². The maximum absolute atomic E-state index is 9.71. The van der Waals surface area contributed by atoms with Crippen molar-refractivity contribution in [3.8, 4) is 6.07 Å². The minimum atomic E-state index is -0.171. The van der Waals surface area contributed by atoms with Gasteiger partial charge in [0.05, 0.1) is 11.5 Å². The van der Waals surface area contributed by atoms with Gasteiger partial charge in [-0.15, -0.1) is 11.8 Å². The van der Waals surface area contributed by atoms with Crippen molar-refractivity contribution >= 4 is 11.8 Å². The molecule has 0 saturated carbocycles. The Bertz CT molecular complexity index is 644. The zero-order valence-corrected chi connectivity index (χ0v) is 12.9. The van der Waals surface area contributed by atoms with Crippen molar-refractivity contribution in [3.05, 3.63) is 65.7 Å². The maximum atomic E-state index is 9.71. The summed E-state index contributed by atoms with van der Waals surface area (Å²) in [5.41, 5.74) is 2.63. The van der Waals surface area contributed by atoms with Crippen molar-refractivity contribution in [2.24, 2.45) is 5.41 Å². The van der Waals surface area contributed by atoms with Crippen molar-refractivity contribution in [2.45, 2.75) is 30.6 Å². The second-order valence-corrected chi connectivity index (χ2v) is 6.92. The summed E-state index contributed by atoms with van der Waals surface area (Å²) in [7, 11) is 0. The summed E-state index contributed by atoms with van der Waals surface area (Å²) < 4.78 is 0. The first-order valence-corrected chi connectivity index (χ1v) is 8.46. The van der Waals surface area contributed by atoms with Gasteiger partial charge in [-0.1, -0.05) is 42.5 Å². The van der Waals surface area contributed by atoms with Crippen LogP contribution in [0.25, 0.3) is 0 Å². The number of benzene rings is 2. The van der Waals surface area contributed by atoms with Gasteiger partial charge in [0.2, 0.25) is 0 Å². The quantitative estimate of drug-likeness (QED) is 0.751. The predicted octanol–water partition coefficient (Wildman–Crippen LogP) is 4.87. The molecule has 1 nitrogen and oxygen atoms in total. The van der Waals surface area contributed by atoms with E-state index in [-0.39, 0.29) is 5.41 Å². The van der Waals surface area contributed by atoms with Crippen LogP contribution in [0.2, 0.25) is 0 Å². The van der Waals surface area contributed by atoms with Crippen LogP contribution in [0, 0.1) is 16.7 Å². The first-order valence-electron chi connectivity index (χ1n) is 7.47. The smallest absolute Gasteiger partial charge is 0.0693 e. The van der Waals surface area contributed by atoms with Gasteiger partial charge < -0.3 is 0 Å². The van der Waals surface area contributed by atoms with Crippen LogP contribution in [-0.4, -0.2) is 5.75 Å². The molecule has 21 heavy (non-hydrogen) atoms. The van der Waals surface area contributed by atoms with Crippen LogP contribution in [0.3, 0.4) is 0 Å². The first-order chi connectivity index (χ1) is 10.3. The number of hydrogen-bond donors (Lipinski definition) is 0. The van der Waals surface area contributed by atoms with Crippen LogP contribution in [-0.2, 0) is 12.8 Å². The van der Waals surface area contributed by atoms with E-state index < -0.39 is 0 Å². The van der Waals surface area contributed by atoms with E-state index in [1.807, 2.05) is 17.8 Å². The van der Waals surface area contributed by atoms with Crippen molar-refractivity contribution < 1.29 is 0 Å². The van der Waals surface area contributed by atoms with Gasteiger partial charge in [-0.2, -0.15) is 5.26 Å². The van der Waals surface area contributed by atoms with E-state index >= 15 is 0 Å². The summed E-state index contributed by atoms with van der Waals surface area (Å²) in [6.45, 7) is 0. The van der Waals surface area contributed by atoms with Gasteiger partial charge in [-0.25, -0.2) is 0 Å². The molecule has 0 bridgehead atoms. The number of fused-ring (bicyclic) bond motifs is 1. The number of nitriles is 1. The van der Waals surface area contributed by atoms with Crippen LogP contribution in [0.4, 0.5) is 0 Å². The number of nitrogens with zero attached hydrogens (tertiary/aromatic N) is 1. The Morgan fingerprint density at radius 3 is 2.48 bits per heavy atom. The molecule has 0 radical (unpaired) electrons. The van der Waals surface area contributed by atoms with Gasteiger partial charge in [-0.05, 0) is 54.7 Å². The molecule has 0 heterocycles. The van der Waals surface area contributed by atoms with Crippen LogP contribution >= 0.6 is 11.8 Å². The van der Waals surface area contributed by atoms with Crippen molar-refractivity contribution in [2.75, 3.05) is 5.75 Å². The number of hydrogen-bond acceptors (Lipinski definition) is 2. The maximum Gasteiger partial charge on any atom is 0.0693 e. The fourth-order valence-corrected chi connectivity index (χ4v) is 4.12. The zero-order valence-electron chi connectivity index (χ0n) is 12.1. The zero-order chi connectivity index (χ0) is 14.5. The van der Waals surface area contributed by atoms with Gasteiger partial charge in [0.25, 0.3) is 0 Å². The number of rotatable bonds is 4. The Labute approximate surface area is 131 Å². The van der Waals surface area contributed by atoms with E-state index in [0.717, 1.165) is 31.4 Å². The normalized spacial score (nSPS) is 20.5. The Morgan fingerprint density at radius 1 is 1.00 bits per heavy atom. The molecule has 2 aromatic carbocycles. The lowest BCUT2D eigenvalue weighted by Crippen LogP contribution is -2.28. The second kappa shape index (κ2) is 6.37. The monoisotopic (exact) mass is 293 g/mol. The Morgan fingerprint density at radius 2 is 1.71 bits per heavy atom. The third-order valence-corrected chi connectivity index (χ3v) is 5.36. The third-order valence-electron chi connectivity index (χ3n) is 4.35. The SMILES string of the molecule is N#CC1(CCSc2ccccc2)CCc2ccccc2C1. The average Bonchev–Trinajstić information content (AvgIpc) is 2.56. The topological polar surface area (TPSA) is 23.8 Å². The molecular formula is C19H19NS. The first kappa shape index (κ1) is 14.2. The van der Waals surface area contributed by atoms with Crippen LogP contribution in [0.1, 0.15) is 24.0 Å². The highest BCUT2D eigenvalue weighted by Crippen LogP contribution is 2.39. The van der Waals surface area contributed by atoms with Gasteiger partial charge in [-0.3, -0.25) is 0 Å². The van der Waals surface area contributed by atoms with Gasteiger partial charge in [0.15, 0.2) is 0 Å². The van der Waals surface area contributed by atoms with E-state index in [9.17, 15) is 5.26 Å². The molecule has 3 rings (SSSR count). The van der Waals surface area contributed by atoms with Crippen LogP contribution in [0.5, 0.6) is 0 Å². The molecule has 0 aromatic heterocycles. The minimum absolute atomic E-state index is 0.171. The molecule has 0 N–H and O–H groups in total. The number of thioether (sulfide) groups is 1. The highest BCUT2D eigenvalue weighted by atomic mass is 32.2. The van der Waals surface area contributed by atoms with Crippen LogP contribution in [0.15, 0.2) is 59.5 Å². The lowest BCUT2D eigenvalue weighted by molar-refractivity contribution is 0.332. The fourth-order valence-electron chi connectivity index (χ4n) is 3.05. The summed E-state index contributed by atoms with van der Waals surface area (Å²) in [5, 5.41) is 9.71. The molecule has 2 aromatic rings. The molecule has 0 spiro atoms. The lowest BCUT2D eigenvalue weighted by atomic mass is 9.71. The van der Waals surface area contributed by atoms with Crippen LogP contribution < -0.4 is 0 Å². The van der Waals surface area contributed by atoms with E-state index in [1.165, 1.54) is 16.0 Å². The summed E-state index contributed by atoms with van der Waals surface area (Å²) in [6.07, 6.45) is 3.92. The van der Waals surface area contributed by atoms with E-state index in [0.29, 0.717) is 0 Å². The summed E-state index contributed by atoms with van der Waals surface area (Å²) >= 11 is 1.86. The molecule has 2 heteroatoms. The summed E-state index contributed by atoms with van der Waals surface area (Å²) in [5.74, 6) is 1.01. The highest BCUT2D eigenvalue weighted by molar-refractivity contribution is 7.99. The van der Waals surface area contributed by atoms with E-state index in [1.54, 1.807) is 0 Å². The molecule has 106 valence electrons. The Balaban J connectivity index is 1.65. The van der Waals surface area contributed by atoms with Gasteiger partial charge >= 0.3 is 0 Å². The minimum Gasteiger partial charge on any atom is -0.198 e. The molecule has 0 saturated heterocycles. The predicted molar refractivity (Wildman–Crippen MR) is 88.3 cm³/mol. The molecule has 1 atom stereocenters. The lowest BCUT2D eigenvalue weighted by Gasteiger charge is -2.32. The van der Waals surface area contributed by atoms with Gasteiger partial charge in [0, 0.05) is 4.90 Å². The Kier molecular flexibility index (Phi) is 4.31. The molecule has 0 amide bonds. The molecular weight excluding hydrogens is 274 g/mol. The largest absolute Gasteiger partial charge is 0.198 e. The molecule has 1 unspecified atom stereocenters. The second-order valence-electron chi connectivity index (χ2n) is 5.75. The molecule has 1 aliphatic rings. The molecule has 0 aliphatic heterocycles. The fraction of sp³-hybridized carbons (Fsp3) is 0.316. The Hall–Kier alpha value is -1.72. The van der Waals surface area contributed by atoms with Crippen molar-refractivity contribution in [1.29, 1.82) is 5.26 Å². The highest BCUT2D eigenvalue weighted by Gasteiger charge is 2.33. The third kappa shape index (κ3) is 3.31. The molecule has 1 aliphatic carbocycles. The van der Waals surface area contributed by atoms with E-state index in [2.05, 4.69) is 54.6 Å². The van der Waals surface area contributed by atoms with Gasteiger partial charge in [0.1, 0.15) is 0 Å². The summed E-state index contributed by atoms with van der Waals surface area (Å²) in [6, 6.07) is 21.7. The standard InChI is InChI=1S/C19H19NS/c20-15-19(12-13-21-18-8-2-1-3-9-18)11-10-16-6-4-5-7-17(16)14-19/h1-9H,10-14H2. The van der Waals surface area contributed by atoms with Crippen molar-refractivity contribution in [1.82, 2.24) is 0 Å². The average molecular weight is 293 g/mol.